The highest BCUT2D eigenvalue weighted by molar-refractivity contribution is 6.28. The molecule has 13 aliphatic rings. The summed E-state index contributed by atoms with van der Waals surface area (Å²) < 4.78 is 108. The average Bonchev–Trinajstić information content (AvgIpc) is 1.56. The topological polar surface area (TPSA) is 576 Å². The summed E-state index contributed by atoms with van der Waals surface area (Å²) in [6, 6.07) is -0.430. The number of nitrogens with zero attached hydrogens (tertiary/aromatic N) is 1. The third-order valence-electron chi connectivity index (χ3n) is 27.8. The van der Waals surface area contributed by atoms with E-state index in [0.29, 0.717) is 65.3 Å². The number of epoxide rings is 8. The van der Waals surface area contributed by atoms with Gasteiger partial charge in [-0.1, -0.05) is 46.6 Å². The number of urea groups is 1. The molecule has 9 heterocycles. The monoisotopic (exact) mass is 2140 g/mol. The number of rotatable bonds is 35. The van der Waals surface area contributed by atoms with Crippen molar-refractivity contribution in [2.75, 3.05) is 133 Å². The number of hydrogen-bond acceptors (Lipinski definition) is 35. The number of carbonyl (C=O) groups is 12. The van der Waals surface area contributed by atoms with Gasteiger partial charge in [0.15, 0.2) is 0 Å². The number of imide groups is 4. The molecule has 13 fully saturated rings. The van der Waals surface area contributed by atoms with Crippen LogP contribution in [-0.2, 0) is 109 Å². The molecule has 44 nitrogen and oxygen atoms in total. The summed E-state index contributed by atoms with van der Waals surface area (Å²) >= 11 is 5.42. The van der Waals surface area contributed by atoms with Gasteiger partial charge in [-0.2, -0.15) is 0 Å². The Bertz CT molecular complexity index is 4510. The molecular formula is C104H173ClN12O32. The van der Waals surface area contributed by atoms with Gasteiger partial charge in [0.1, 0.15) is 111 Å². The largest absolute Gasteiger partial charge is 0.444 e. The summed E-state index contributed by atoms with van der Waals surface area (Å²) in [6.07, 6.45) is 10.3. The van der Waals surface area contributed by atoms with E-state index in [2.05, 4.69) is 161 Å². The van der Waals surface area contributed by atoms with Crippen molar-refractivity contribution in [2.24, 2.45) is 29.4 Å². The molecule has 9 saturated heterocycles. The molecule has 13 rings (SSSR count). The van der Waals surface area contributed by atoms with Crippen LogP contribution < -0.4 is 58.9 Å². The summed E-state index contributed by atoms with van der Waals surface area (Å²) in [4.78, 5) is 141. The highest BCUT2D eigenvalue weighted by Crippen LogP contribution is 2.64. The van der Waals surface area contributed by atoms with Crippen LogP contribution in [0.3, 0.4) is 0 Å². The van der Waals surface area contributed by atoms with E-state index in [9.17, 15) is 62.6 Å². The van der Waals surface area contributed by atoms with Gasteiger partial charge in [0.05, 0.1) is 105 Å². The van der Waals surface area contributed by atoms with Crippen molar-refractivity contribution >= 4 is 83.9 Å². The number of alkyl carbamates (subject to hydrolysis) is 7. The predicted octanol–water partition coefficient (Wildman–Crippen LogP) is 10.0. The maximum Gasteiger partial charge on any atom is 0.414 e. The van der Waals surface area contributed by atoms with E-state index in [-0.39, 0.29) is 146 Å². The number of methoxy groups -OCH3 is 4. The minimum absolute atomic E-state index is 0.0365. The third-order valence-corrected chi connectivity index (χ3v) is 28.1. The van der Waals surface area contributed by atoms with Gasteiger partial charge in [0.2, 0.25) is 23.6 Å². The van der Waals surface area contributed by atoms with Gasteiger partial charge in [-0.15, -0.1) is 11.6 Å². The summed E-state index contributed by atoms with van der Waals surface area (Å²) in [7, 11) is 6.49. The predicted molar refractivity (Wildman–Crippen MR) is 547 cm³/mol. The fourth-order valence-electron chi connectivity index (χ4n) is 20.4. The molecule has 4 aliphatic carbocycles. The molecule has 4 spiro atoms. The Morgan fingerprint density at radius 2 is 0.678 bits per heavy atom. The van der Waals surface area contributed by atoms with Crippen molar-refractivity contribution in [1.82, 2.24) is 58.1 Å². The first-order chi connectivity index (χ1) is 69.5. The molecule has 13 amide bonds. The molecule has 0 aromatic rings. The maximum atomic E-state index is 12.5. The van der Waals surface area contributed by atoms with E-state index in [1.54, 1.807) is 90.8 Å². The molecule has 9 aliphatic heterocycles. The zero-order chi connectivity index (χ0) is 111. The van der Waals surface area contributed by atoms with Gasteiger partial charge >= 0.3 is 48.7 Å². The molecule has 0 bridgehead atoms. The lowest BCUT2D eigenvalue weighted by atomic mass is 9.68. The summed E-state index contributed by atoms with van der Waals surface area (Å²) in [6.45, 7) is 51.5. The van der Waals surface area contributed by atoms with Crippen LogP contribution >= 0.6 is 11.6 Å². The summed E-state index contributed by atoms with van der Waals surface area (Å²) in [5, 5.41) is 34.9. The number of alkyl halides is 1. The number of allylic oxidation sites excluding steroid dienone is 4. The van der Waals surface area contributed by atoms with Crippen LogP contribution in [0.5, 0.6) is 0 Å². The number of nitrogens with two attached hydrogens (primary N) is 1. The maximum absolute atomic E-state index is 12.5. The minimum Gasteiger partial charge on any atom is -0.444 e. The molecule has 149 heavy (non-hydrogen) atoms. The fourth-order valence-corrected chi connectivity index (χ4v) is 20.5. The Labute approximate surface area is 882 Å². The van der Waals surface area contributed by atoms with Gasteiger partial charge in [-0.25, -0.2) is 38.4 Å². The second-order valence-electron chi connectivity index (χ2n) is 45.8. The molecule has 0 aromatic carbocycles. The van der Waals surface area contributed by atoms with E-state index in [1.165, 1.54) is 27.2 Å². The van der Waals surface area contributed by atoms with E-state index >= 15 is 0 Å². The highest BCUT2D eigenvalue weighted by Gasteiger charge is 2.76. The van der Waals surface area contributed by atoms with Crippen molar-refractivity contribution in [1.29, 1.82) is 0 Å². The van der Waals surface area contributed by atoms with Crippen molar-refractivity contribution in [2.45, 2.75) is 384 Å². The van der Waals surface area contributed by atoms with Crippen molar-refractivity contribution < 1.29 is 153 Å². The molecule has 0 radical (unpaired) electrons. The Kier molecular flexibility index (Phi) is 45.1. The first-order valence-electron chi connectivity index (χ1n) is 51.8. The number of halogens is 1. The van der Waals surface area contributed by atoms with E-state index in [1.807, 2.05) is 20.8 Å². The number of aliphatic hydroxyl groups excluding tert-OH is 1. The van der Waals surface area contributed by atoms with E-state index in [4.69, 9.17) is 107 Å². The van der Waals surface area contributed by atoms with Crippen molar-refractivity contribution in [3.05, 3.63) is 46.6 Å². The second kappa shape index (κ2) is 53.5. The van der Waals surface area contributed by atoms with E-state index < -0.39 is 142 Å². The van der Waals surface area contributed by atoms with Crippen molar-refractivity contribution in [3.63, 3.8) is 0 Å². The lowest BCUT2D eigenvalue weighted by Gasteiger charge is -2.42. The van der Waals surface area contributed by atoms with Crippen LogP contribution in [0.15, 0.2) is 46.6 Å². The zero-order valence-corrected chi connectivity index (χ0v) is 93.6. The van der Waals surface area contributed by atoms with Gasteiger partial charge in [0, 0.05) is 80.8 Å². The highest BCUT2D eigenvalue weighted by atomic mass is 35.5. The van der Waals surface area contributed by atoms with Crippen LogP contribution in [0.2, 0.25) is 0 Å². The third kappa shape index (κ3) is 38.0. The quantitative estimate of drug-likeness (QED) is 0.00700. The number of aliphatic hydroxyl groups is 1. The fraction of sp³-hybridized carbons (Fsp3) is 0.808. The van der Waals surface area contributed by atoms with Crippen LogP contribution in [-0.4, -0.2) is 356 Å². The molecule has 4 saturated carbocycles. The van der Waals surface area contributed by atoms with Crippen LogP contribution in [0.25, 0.3) is 0 Å². The second-order valence-corrected chi connectivity index (χ2v) is 46.1. The zero-order valence-electron chi connectivity index (χ0n) is 92.9. The van der Waals surface area contributed by atoms with E-state index in [0.717, 1.165) is 64.4 Å². The van der Waals surface area contributed by atoms with Crippen LogP contribution in [0.4, 0.5) is 38.4 Å². The molecular weight excluding hydrogens is 1960 g/mol. The molecule has 0 aromatic heterocycles. The molecule has 848 valence electrons. The van der Waals surface area contributed by atoms with Crippen LogP contribution in [0, 0.1) is 23.7 Å². The van der Waals surface area contributed by atoms with Gasteiger partial charge < -0.3 is 138 Å². The Morgan fingerprint density at radius 1 is 0.409 bits per heavy atom. The Morgan fingerprint density at radius 3 is 0.926 bits per heavy atom. The van der Waals surface area contributed by atoms with Crippen LogP contribution in [0.1, 0.15) is 243 Å². The Hall–Kier alpha value is -8.55. The molecule has 24 atom stereocenters. The Balaban J connectivity index is 0.000000226. The smallest absolute Gasteiger partial charge is 0.414 e. The van der Waals surface area contributed by atoms with Gasteiger partial charge in [0.25, 0.3) is 0 Å². The van der Waals surface area contributed by atoms with Gasteiger partial charge in [-0.3, -0.25) is 40.4 Å². The number of amides is 13. The standard InChI is InChI=1S/2C26H43N3O8.C19H28ClNO6.C16H26O4.C10H17N3O4.C7H16N2O2/c2*1-16(2)8-9-18-25(6,36-18)21-20(33-7)17(10-11-26(21)15-34-26)35-23(32)29-19(30)14-27-12-13-28-22(31)37-24(3,4)5;1-11(2)5-6-13-18(3,27-13)16-15(24-4)12(7-8-19(16)10-25-19)26-17(23)21-14(22)9-20;1-10(2)5-6-12-15(3,20-12)14-13(18-4)11(17)7-8-16(14)9-19-16;1-10(2,3)17-9(16)11-4-5-13-6-7(14)12-8(13)15;1-7(2,3)11-6(10)9-5-4-8/h2*8,17-18,20-21,27H,9-15H2,1-7H3,(H,28,31)(H,29,30,32);5,12-13,15-16H,6-10H2,1-4H3,(H,21,22,23);5,11-14,17H,6-9H2,1-4H3;4-6H2,1-3H3,(H,11,16)(H,12,14,15);4-5,8H2,1-3H3,(H,9,10)/t2*17?,18-,20?,21?,25-,26+;12?,13-,15?,16?,18-,19+;11?,12-,13?,14?,15-,16+;;/m1111../s1. The number of ether oxygens (including phenoxy) is 19. The summed E-state index contributed by atoms with van der Waals surface area (Å²) in [5.74, 6) is -2.42. The molecule has 12 unspecified atom stereocenters. The first-order valence-corrected chi connectivity index (χ1v) is 52.3. The average molecular weight is 2140 g/mol. The normalized spacial score (nSPS) is 32.5. The molecule has 45 heteroatoms. The molecule has 13 N–H and O–H groups in total. The van der Waals surface area contributed by atoms with Crippen molar-refractivity contribution in [3.8, 4) is 0 Å². The number of nitrogens with one attached hydrogen (secondary N) is 10. The summed E-state index contributed by atoms with van der Waals surface area (Å²) in [5.41, 5.74) is 5.52. The lowest BCUT2D eigenvalue weighted by Crippen LogP contribution is -2.56. The van der Waals surface area contributed by atoms with Gasteiger partial charge in [-0.05, 0) is 243 Å². The first kappa shape index (κ1) is 126. The number of hydrogen-bond donors (Lipinski definition) is 12. The number of carbonyl (C=O) groups excluding carboxylic acids is 12. The SMILES string of the molecule is CC(C)(C)OC(=O)NCCN.CC(C)(C)OC(=O)NCCN1CC(=O)NC1=O.COC1C(O)CC[C@]2(CO2)C1[C@]1(C)O[C@@H]1CC=C(C)C.COC1C(OC(=O)NC(=O)CCl)CC[C@]2(CO2)C1[C@]1(C)O[C@@H]1CC=C(C)C.COC1C(OC(=O)NC(=O)CNCCNC(=O)OC(C)(C)C)CC[C@]2(CO2)C1[C@]1(C)O[C@@H]1CC=C(C)C.COC1C(OC(=O)NC(=O)CNCCNC(=O)OC(C)(C)C)CC[C@]2(CO2)C1[C@]1(C)O[C@@H]1CC=C(C)C. The lowest BCUT2D eigenvalue weighted by molar-refractivity contribution is -0.125. The minimum atomic E-state index is -0.819.